The van der Waals surface area contributed by atoms with Crippen LogP contribution in [0.2, 0.25) is 0 Å². The molecule has 1 spiro atoms. The third kappa shape index (κ3) is 3.91. The number of nitrogens with zero attached hydrogens (tertiary/aromatic N) is 2. The molecule has 1 aromatic heterocycles. The van der Waals surface area contributed by atoms with Crippen LogP contribution in [0.15, 0.2) is 18.2 Å². The minimum atomic E-state index is -0.628. The summed E-state index contributed by atoms with van der Waals surface area (Å²) in [5.74, 6) is 1.02. The van der Waals surface area contributed by atoms with E-state index in [2.05, 4.69) is 26.8 Å². The lowest BCUT2D eigenvalue weighted by atomic mass is 9.66. The smallest absolute Gasteiger partial charge is 0.225 e. The Balaban J connectivity index is 1.25. The second-order valence-electron chi connectivity index (χ2n) is 10.7. The Morgan fingerprint density at radius 3 is 2.43 bits per heavy atom. The molecule has 0 unspecified atom stereocenters. The van der Waals surface area contributed by atoms with Crippen LogP contribution in [0, 0.1) is 11.3 Å². The van der Waals surface area contributed by atoms with Gasteiger partial charge >= 0.3 is 0 Å². The molecule has 5 heteroatoms. The molecular formula is C23H34N2O3. The van der Waals surface area contributed by atoms with E-state index in [9.17, 15) is 9.90 Å². The zero-order chi connectivity index (χ0) is 20.2. The van der Waals surface area contributed by atoms with E-state index in [0.717, 1.165) is 50.3 Å². The second kappa shape index (κ2) is 6.72. The minimum Gasteiger partial charge on any atom is -0.474 e. The lowest BCUT2D eigenvalue weighted by Gasteiger charge is -2.55. The van der Waals surface area contributed by atoms with Gasteiger partial charge in [0.05, 0.1) is 5.60 Å². The molecular weight excluding hydrogens is 352 g/mol. The molecule has 2 heterocycles. The van der Waals surface area contributed by atoms with Crippen LogP contribution in [0.3, 0.4) is 0 Å². The number of aliphatic hydroxyl groups is 1. The van der Waals surface area contributed by atoms with Crippen molar-refractivity contribution < 1.29 is 14.6 Å². The maximum Gasteiger partial charge on any atom is 0.225 e. The van der Waals surface area contributed by atoms with Crippen molar-refractivity contribution in [2.45, 2.75) is 83.3 Å². The minimum absolute atomic E-state index is 0.0197. The Labute approximate surface area is 168 Å². The van der Waals surface area contributed by atoms with Gasteiger partial charge < -0.3 is 14.7 Å². The van der Waals surface area contributed by atoms with E-state index in [1.807, 2.05) is 24.0 Å². The summed E-state index contributed by atoms with van der Waals surface area (Å²) in [6, 6.07) is 6.04. The zero-order valence-electron chi connectivity index (χ0n) is 17.7. The van der Waals surface area contributed by atoms with E-state index in [4.69, 9.17) is 9.72 Å². The van der Waals surface area contributed by atoms with Gasteiger partial charge in [-0.15, -0.1) is 0 Å². The molecule has 1 aliphatic heterocycles. The molecule has 28 heavy (non-hydrogen) atoms. The first-order valence-corrected chi connectivity index (χ1v) is 10.7. The highest BCUT2D eigenvalue weighted by atomic mass is 16.5. The molecule has 3 aliphatic rings. The van der Waals surface area contributed by atoms with E-state index in [1.165, 1.54) is 0 Å². The largest absolute Gasteiger partial charge is 0.474 e. The van der Waals surface area contributed by atoms with Crippen molar-refractivity contribution in [2.75, 3.05) is 13.1 Å². The molecule has 0 bridgehead atoms. The normalized spacial score (nSPS) is 29.9. The standard InChI is InChI=1S/C23H34N2O3/c1-21(2,3)18-6-5-7-19(24-18)28-17-8-10-23(11-9-17)14-25(15-23)20(26)16-12-22(4,27)13-16/h5-7,16-17,27H,8-15H2,1-4H3. The van der Waals surface area contributed by atoms with Gasteiger partial charge in [0.2, 0.25) is 11.8 Å². The summed E-state index contributed by atoms with van der Waals surface area (Å²) < 4.78 is 6.20. The summed E-state index contributed by atoms with van der Waals surface area (Å²) in [4.78, 5) is 19.2. The molecule has 4 rings (SSSR count). The van der Waals surface area contributed by atoms with E-state index in [1.54, 1.807) is 0 Å². The average molecular weight is 387 g/mol. The molecule has 2 aliphatic carbocycles. The number of aromatic nitrogens is 1. The SMILES string of the molecule is CC1(O)CC(C(=O)N2CC3(CCC(Oc4cccc(C(C)(C)C)n4)CC3)C2)C1. The Bertz CT molecular complexity index is 728. The van der Waals surface area contributed by atoms with Crippen molar-refractivity contribution in [1.82, 2.24) is 9.88 Å². The van der Waals surface area contributed by atoms with Crippen molar-refractivity contribution in [3.63, 3.8) is 0 Å². The Morgan fingerprint density at radius 2 is 1.86 bits per heavy atom. The van der Waals surface area contributed by atoms with E-state index in [0.29, 0.717) is 18.3 Å². The molecule has 0 aromatic carbocycles. The van der Waals surface area contributed by atoms with Crippen LogP contribution >= 0.6 is 0 Å². The van der Waals surface area contributed by atoms with E-state index < -0.39 is 5.60 Å². The van der Waals surface area contributed by atoms with Crippen LogP contribution in [0.4, 0.5) is 0 Å². The van der Waals surface area contributed by atoms with Crippen LogP contribution in [-0.2, 0) is 10.2 Å². The van der Waals surface area contributed by atoms with Gasteiger partial charge in [-0.05, 0) is 51.5 Å². The topological polar surface area (TPSA) is 62.7 Å². The van der Waals surface area contributed by atoms with E-state index >= 15 is 0 Å². The van der Waals surface area contributed by atoms with Crippen molar-refractivity contribution in [2.24, 2.45) is 11.3 Å². The van der Waals surface area contributed by atoms with Gasteiger partial charge in [-0.25, -0.2) is 4.98 Å². The molecule has 1 aromatic rings. The fraction of sp³-hybridized carbons (Fsp3) is 0.739. The predicted molar refractivity (Wildman–Crippen MR) is 108 cm³/mol. The number of hydrogen-bond acceptors (Lipinski definition) is 4. The van der Waals surface area contributed by atoms with Crippen LogP contribution in [0.1, 0.15) is 71.9 Å². The molecule has 1 amide bonds. The van der Waals surface area contributed by atoms with Gasteiger partial charge in [0.25, 0.3) is 0 Å². The number of rotatable bonds is 3. The summed E-state index contributed by atoms with van der Waals surface area (Å²) >= 11 is 0. The first kappa shape index (κ1) is 19.7. The molecule has 1 N–H and O–H groups in total. The molecule has 5 nitrogen and oxygen atoms in total. The molecule has 0 radical (unpaired) electrons. The highest BCUT2D eigenvalue weighted by Crippen LogP contribution is 2.47. The van der Waals surface area contributed by atoms with Gasteiger partial charge in [0.1, 0.15) is 6.10 Å². The van der Waals surface area contributed by atoms with Crippen LogP contribution in [0.25, 0.3) is 0 Å². The van der Waals surface area contributed by atoms with Crippen LogP contribution in [-0.4, -0.2) is 45.7 Å². The fourth-order valence-corrected chi connectivity index (χ4v) is 5.06. The number of amides is 1. The Hall–Kier alpha value is -1.62. The van der Waals surface area contributed by atoms with E-state index in [-0.39, 0.29) is 23.3 Å². The summed E-state index contributed by atoms with van der Waals surface area (Å²) in [6.07, 6.45) is 5.74. The monoisotopic (exact) mass is 386 g/mol. The van der Waals surface area contributed by atoms with Crippen LogP contribution < -0.4 is 4.74 Å². The fourth-order valence-electron chi connectivity index (χ4n) is 5.06. The molecule has 0 atom stereocenters. The van der Waals surface area contributed by atoms with Gasteiger partial charge in [0.15, 0.2) is 0 Å². The first-order valence-electron chi connectivity index (χ1n) is 10.7. The Morgan fingerprint density at radius 1 is 1.21 bits per heavy atom. The predicted octanol–water partition coefficient (Wildman–Crippen LogP) is 3.69. The van der Waals surface area contributed by atoms with Crippen molar-refractivity contribution in [3.8, 4) is 5.88 Å². The van der Waals surface area contributed by atoms with Gasteiger partial charge in [-0.1, -0.05) is 26.8 Å². The lowest BCUT2D eigenvalue weighted by molar-refractivity contribution is -0.164. The summed E-state index contributed by atoms with van der Waals surface area (Å²) in [5.41, 5.74) is 0.741. The number of pyridine rings is 1. The number of carbonyl (C=O) groups is 1. The maximum absolute atomic E-state index is 12.5. The van der Waals surface area contributed by atoms with Crippen molar-refractivity contribution >= 4 is 5.91 Å². The highest BCUT2D eigenvalue weighted by Gasteiger charge is 2.51. The Kier molecular flexibility index (Phi) is 4.72. The number of ether oxygens (including phenoxy) is 1. The maximum atomic E-state index is 12.5. The molecule has 1 saturated heterocycles. The van der Waals surface area contributed by atoms with Crippen molar-refractivity contribution in [1.29, 1.82) is 0 Å². The summed E-state index contributed by atoms with van der Waals surface area (Å²) in [5, 5.41) is 9.87. The van der Waals surface area contributed by atoms with Gasteiger partial charge in [-0.2, -0.15) is 0 Å². The molecule has 3 fully saturated rings. The first-order chi connectivity index (χ1) is 13.1. The summed E-state index contributed by atoms with van der Waals surface area (Å²) in [7, 11) is 0. The van der Waals surface area contributed by atoms with Crippen molar-refractivity contribution in [3.05, 3.63) is 23.9 Å². The highest BCUT2D eigenvalue weighted by molar-refractivity contribution is 5.81. The van der Waals surface area contributed by atoms with Crippen LogP contribution in [0.5, 0.6) is 5.88 Å². The average Bonchev–Trinajstić information content (AvgIpc) is 2.57. The number of likely N-dealkylation sites (tertiary alicyclic amines) is 1. The quantitative estimate of drug-likeness (QED) is 0.861. The van der Waals surface area contributed by atoms with Gasteiger partial charge in [0, 0.05) is 41.6 Å². The third-order valence-corrected chi connectivity index (χ3v) is 6.86. The number of hydrogen-bond donors (Lipinski definition) is 1. The summed E-state index contributed by atoms with van der Waals surface area (Å²) in [6.45, 7) is 10.1. The molecule has 154 valence electrons. The zero-order valence-corrected chi connectivity index (χ0v) is 17.7. The van der Waals surface area contributed by atoms with Gasteiger partial charge in [-0.3, -0.25) is 4.79 Å². The molecule has 2 saturated carbocycles. The lowest BCUT2D eigenvalue weighted by Crippen LogP contribution is -2.63. The third-order valence-electron chi connectivity index (χ3n) is 6.86. The number of carbonyl (C=O) groups excluding carboxylic acids is 1. The second-order valence-corrected chi connectivity index (χ2v) is 10.7.